The van der Waals surface area contributed by atoms with E-state index in [1.807, 2.05) is 5.10 Å². The molecular weight excluding hydrogens is 350 g/mol. The van der Waals surface area contributed by atoms with Crippen LogP contribution in [0.15, 0.2) is 48.7 Å². The van der Waals surface area contributed by atoms with Crippen LogP contribution in [0.25, 0.3) is 11.1 Å². The van der Waals surface area contributed by atoms with E-state index < -0.39 is 29.3 Å². The summed E-state index contributed by atoms with van der Waals surface area (Å²) in [5, 5.41) is 5.42. The Morgan fingerprint density at radius 1 is 0.962 bits per heavy atom. The Labute approximate surface area is 147 Å². The normalized spacial score (nSPS) is 10.1. The van der Waals surface area contributed by atoms with Crippen molar-refractivity contribution in [1.82, 2.24) is 15.1 Å². The smallest absolute Gasteiger partial charge is 0.259 e. The first kappa shape index (κ1) is 19.2. The van der Waals surface area contributed by atoms with E-state index in [0.717, 1.165) is 12.3 Å². The number of carbonyl (C=O) groups excluding carboxylic acids is 1. The van der Waals surface area contributed by atoms with Crippen molar-refractivity contribution in [1.29, 1.82) is 0 Å². The fourth-order valence-electron chi connectivity index (χ4n) is 2.02. The molecule has 3 rings (SSSR count). The van der Waals surface area contributed by atoms with Crippen molar-refractivity contribution in [2.24, 2.45) is 0 Å². The highest BCUT2D eigenvalue weighted by Gasteiger charge is 2.14. The zero-order chi connectivity index (χ0) is 19.3. The van der Waals surface area contributed by atoms with Gasteiger partial charge in [0.05, 0.1) is 6.20 Å². The molecule has 4 nitrogen and oxygen atoms in total. The first-order chi connectivity index (χ1) is 12.3. The zero-order valence-corrected chi connectivity index (χ0v) is 13.9. The first-order valence-electron chi connectivity index (χ1n) is 7.41. The molecule has 0 radical (unpaired) electrons. The lowest BCUT2D eigenvalue weighted by atomic mass is 10.1. The SMILES string of the molecule is CN(C)C(=O)c1cn[nH]c1F.Fc1cc(F)c(-c2ccccc2)cc1F. The van der Waals surface area contributed by atoms with E-state index in [4.69, 9.17) is 0 Å². The minimum Gasteiger partial charge on any atom is -0.345 e. The fourth-order valence-corrected chi connectivity index (χ4v) is 2.02. The van der Waals surface area contributed by atoms with Gasteiger partial charge in [0.2, 0.25) is 5.95 Å². The van der Waals surface area contributed by atoms with Crippen LogP contribution >= 0.6 is 0 Å². The maximum atomic E-state index is 13.3. The third-order valence-corrected chi connectivity index (χ3v) is 3.32. The van der Waals surface area contributed by atoms with Crippen molar-refractivity contribution < 1.29 is 22.4 Å². The molecule has 0 unspecified atom stereocenters. The van der Waals surface area contributed by atoms with Gasteiger partial charge >= 0.3 is 0 Å². The van der Waals surface area contributed by atoms with E-state index in [1.165, 1.54) is 4.90 Å². The third-order valence-electron chi connectivity index (χ3n) is 3.32. The van der Waals surface area contributed by atoms with Gasteiger partial charge in [0, 0.05) is 25.7 Å². The largest absolute Gasteiger partial charge is 0.345 e. The van der Waals surface area contributed by atoms with E-state index in [9.17, 15) is 22.4 Å². The summed E-state index contributed by atoms with van der Waals surface area (Å²) >= 11 is 0. The summed E-state index contributed by atoms with van der Waals surface area (Å²) in [6.45, 7) is 0. The number of halogens is 4. The van der Waals surface area contributed by atoms with Crippen LogP contribution in [0.2, 0.25) is 0 Å². The number of aromatic nitrogens is 2. The molecule has 26 heavy (non-hydrogen) atoms. The van der Waals surface area contributed by atoms with Crippen LogP contribution in [0.5, 0.6) is 0 Å². The second-order valence-electron chi connectivity index (χ2n) is 5.41. The minimum absolute atomic E-state index is 0.0324. The highest BCUT2D eigenvalue weighted by atomic mass is 19.2. The van der Waals surface area contributed by atoms with E-state index in [0.29, 0.717) is 11.6 Å². The van der Waals surface area contributed by atoms with Crippen LogP contribution < -0.4 is 0 Å². The summed E-state index contributed by atoms with van der Waals surface area (Å²) in [7, 11) is 3.10. The predicted molar refractivity (Wildman–Crippen MR) is 88.3 cm³/mol. The topological polar surface area (TPSA) is 49.0 Å². The summed E-state index contributed by atoms with van der Waals surface area (Å²) in [5.41, 5.74) is 0.554. The average Bonchev–Trinajstić information content (AvgIpc) is 3.04. The Balaban J connectivity index is 0.000000197. The second kappa shape index (κ2) is 8.28. The molecule has 0 atom stereocenters. The van der Waals surface area contributed by atoms with Crippen molar-refractivity contribution >= 4 is 5.91 Å². The van der Waals surface area contributed by atoms with Crippen molar-refractivity contribution in [3.05, 3.63) is 77.6 Å². The average molecular weight is 365 g/mol. The van der Waals surface area contributed by atoms with Gasteiger partial charge in [-0.25, -0.2) is 13.2 Å². The highest BCUT2D eigenvalue weighted by Crippen LogP contribution is 2.24. The van der Waals surface area contributed by atoms with Crippen LogP contribution in [0.1, 0.15) is 10.4 Å². The van der Waals surface area contributed by atoms with Crippen LogP contribution in [0.4, 0.5) is 17.6 Å². The Morgan fingerprint density at radius 3 is 2.12 bits per heavy atom. The van der Waals surface area contributed by atoms with E-state index in [1.54, 1.807) is 44.4 Å². The minimum atomic E-state index is -1.17. The number of carbonyl (C=O) groups is 1. The number of amides is 1. The van der Waals surface area contributed by atoms with Crippen molar-refractivity contribution in [3.63, 3.8) is 0 Å². The molecule has 1 aromatic heterocycles. The van der Waals surface area contributed by atoms with Gasteiger partial charge in [0.15, 0.2) is 11.6 Å². The molecule has 0 aliphatic heterocycles. The molecule has 1 amide bonds. The van der Waals surface area contributed by atoms with Gasteiger partial charge in [-0.1, -0.05) is 30.3 Å². The summed E-state index contributed by atoms with van der Waals surface area (Å²) in [5.74, 6) is -4.07. The second-order valence-corrected chi connectivity index (χ2v) is 5.41. The van der Waals surface area contributed by atoms with Gasteiger partial charge in [-0.15, -0.1) is 0 Å². The Bertz CT molecular complexity index is 895. The quantitative estimate of drug-likeness (QED) is 0.551. The molecule has 0 bridgehead atoms. The lowest BCUT2D eigenvalue weighted by Crippen LogP contribution is -2.22. The molecular formula is C18H15F4N3O. The molecule has 0 aliphatic rings. The van der Waals surface area contributed by atoms with Gasteiger partial charge in [0.25, 0.3) is 5.91 Å². The number of H-pyrrole nitrogens is 1. The van der Waals surface area contributed by atoms with Gasteiger partial charge in [-0.05, 0) is 11.6 Å². The van der Waals surface area contributed by atoms with E-state index >= 15 is 0 Å². The third kappa shape index (κ3) is 4.47. The highest BCUT2D eigenvalue weighted by molar-refractivity contribution is 5.93. The first-order valence-corrected chi connectivity index (χ1v) is 7.41. The molecule has 0 aliphatic carbocycles. The number of nitrogens with zero attached hydrogens (tertiary/aromatic N) is 2. The van der Waals surface area contributed by atoms with Crippen molar-refractivity contribution in [3.8, 4) is 11.1 Å². The molecule has 0 spiro atoms. The Morgan fingerprint density at radius 2 is 1.58 bits per heavy atom. The van der Waals surface area contributed by atoms with Crippen molar-refractivity contribution in [2.45, 2.75) is 0 Å². The van der Waals surface area contributed by atoms with Crippen LogP contribution in [0.3, 0.4) is 0 Å². The number of hydrogen-bond acceptors (Lipinski definition) is 2. The molecule has 0 fully saturated rings. The predicted octanol–water partition coefficient (Wildman–Crippen LogP) is 4.02. The number of nitrogens with one attached hydrogen (secondary N) is 1. The summed E-state index contributed by atoms with van der Waals surface area (Å²) in [6.07, 6.45) is 1.16. The number of rotatable bonds is 2. The maximum absolute atomic E-state index is 13.3. The number of hydrogen-bond donors (Lipinski definition) is 1. The monoisotopic (exact) mass is 365 g/mol. The Hall–Kier alpha value is -3.16. The van der Waals surface area contributed by atoms with Gasteiger partial charge in [-0.2, -0.15) is 9.49 Å². The van der Waals surface area contributed by atoms with Crippen LogP contribution in [0, 0.1) is 23.4 Å². The molecule has 8 heteroatoms. The van der Waals surface area contributed by atoms with Crippen LogP contribution in [-0.2, 0) is 0 Å². The summed E-state index contributed by atoms with van der Waals surface area (Å²) in [6, 6.07) is 9.86. The molecule has 136 valence electrons. The van der Waals surface area contributed by atoms with E-state index in [-0.39, 0.29) is 11.1 Å². The van der Waals surface area contributed by atoms with Crippen LogP contribution in [-0.4, -0.2) is 35.1 Å². The van der Waals surface area contributed by atoms with Gasteiger partial charge in [-0.3, -0.25) is 9.89 Å². The van der Waals surface area contributed by atoms with Gasteiger partial charge < -0.3 is 4.90 Å². The molecule has 0 saturated heterocycles. The lowest BCUT2D eigenvalue weighted by Gasteiger charge is -2.06. The summed E-state index contributed by atoms with van der Waals surface area (Å²) < 4.78 is 51.5. The lowest BCUT2D eigenvalue weighted by molar-refractivity contribution is 0.0823. The van der Waals surface area contributed by atoms with Gasteiger partial charge in [0.1, 0.15) is 11.4 Å². The molecule has 2 aromatic carbocycles. The standard InChI is InChI=1S/C12H7F3.C6H8FN3O/c13-10-7-12(15)11(14)6-9(10)8-4-2-1-3-5-8;1-10(2)6(11)4-3-8-9-5(4)7/h1-7H;3H,1-2H3,(H,8,9). The number of aromatic amines is 1. The fraction of sp³-hybridized carbons (Fsp3) is 0.111. The maximum Gasteiger partial charge on any atom is 0.259 e. The summed E-state index contributed by atoms with van der Waals surface area (Å²) in [4.78, 5) is 12.3. The van der Waals surface area contributed by atoms with Crippen molar-refractivity contribution in [2.75, 3.05) is 14.1 Å². The molecule has 1 heterocycles. The molecule has 1 N–H and O–H groups in total. The molecule has 3 aromatic rings. The zero-order valence-electron chi connectivity index (χ0n) is 13.9. The Kier molecular flexibility index (Phi) is 6.11. The van der Waals surface area contributed by atoms with E-state index in [2.05, 4.69) is 5.10 Å². The number of benzene rings is 2. The molecule has 0 saturated carbocycles.